The predicted octanol–water partition coefficient (Wildman–Crippen LogP) is 5.30. The number of amides is 2. The van der Waals surface area contributed by atoms with Crippen LogP contribution in [0.5, 0.6) is 5.75 Å². The monoisotopic (exact) mass is 430 g/mol. The lowest BCUT2D eigenvalue weighted by Crippen LogP contribution is -2.29. The van der Waals surface area contributed by atoms with Crippen LogP contribution in [0, 0.1) is 12.7 Å². The van der Waals surface area contributed by atoms with Gasteiger partial charge in [0.1, 0.15) is 17.4 Å². The summed E-state index contributed by atoms with van der Waals surface area (Å²) in [5, 5.41) is 19.9. The van der Waals surface area contributed by atoms with Gasteiger partial charge in [-0.05, 0) is 31.2 Å². The highest BCUT2D eigenvalue weighted by atomic mass is 35.5. The minimum Gasteiger partial charge on any atom is -0.506 e. The van der Waals surface area contributed by atoms with Crippen LogP contribution in [0.15, 0.2) is 42.5 Å². The highest BCUT2D eigenvalue weighted by molar-refractivity contribution is 6.32. The number of nitrogens with one attached hydrogen (secondary N) is 2. The van der Waals surface area contributed by atoms with Crippen molar-refractivity contribution < 1.29 is 14.3 Å². The fourth-order valence-electron chi connectivity index (χ4n) is 2.81. The van der Waals surface area contributed by atoms with E-state index in [1.165, 1.54) is 0 Å². The van der Waals surface area contributed by atoms with E-state index in [9.17, 15) is 14.3 Å². The first-order chi connectivity index (χ1) is 14.0. The molecule has 0 saturated heterocycles. The van der Waals surface area contributed by atoms with Crippen LogP contribution in [0.4, 0.5) is 15.0 Å². The molecule has 0 fully saturated rings. The zero-order valence-corrected chi connectivity index (χ0v) is 18.0. The molecule has 158 valence electrons. The number of aryl methyl sites for hydroxylation is 1. The Labute approximate surface area is 179 Å². The second kappa shape index (κ2) is 8.36. The first kappa shape index (κ1) is 21.6. The number of hydrogen-bond donors (Lipinski definition) is 3. The Kier molecular flexibility index (Phi) is 6.03. The predicted molar refractivity (Wildman–Crippen MR) is 116 cm³/mol. The van der Waals surface area contributed by atoms with E-state index < -0.39 is 11.8 Å². The molecule has 3 aromatic rings. The Hall–Kier alpha value is -3.06. The normalized spacial score (nSPS) is 11.4. The zero-order chi connectivity index (χ0) is 22.1. The van der Waals surface area contributed by atoms with E-state index in [2.05, 4.69) is 15.7 Å². The quantitative estimate of drug-likeness (QED) is 0.525. The molecule has 0 aliphatic rings. The number of anilines is 1. The Morgan fingerprint density at radius 2 is 1.87 bits per heavy atom. The second-order valence-corrected chi connectivity index (χ2v) is 8.52. The van der Waals surface area contributed by atoms with Crippen molar-refractivity contribution in [3.05, 3.63) is 70.1 Å². The summed E-state index contributed by atoms with van der Waals surface area (Å²) >= 11 is 5.78. The summed E-state index contributed by atoms with van der Waals surface area (Å²) in [5.74, 6) is -0.372. The topological polar surface area (TPSA) is 79.2 Å². The minimum atomic E-state index is -0.595. The molecule has 0 atom stereocenters. The molecule has 0 unspecified atom stereocenters. The second-order valence-electron chi connectivity index (χ2n) is 8.12. The average molecular weight is 431 g/mol. The molecular formula is C22H24ClFN4O2. The van der Waals surface area contributed by atoms with Crippen molar-refractivity contribution in [2.75, 3.05) is 5.32 Å². The number of benzene rings is 2. The van der Waals surface area contributed by atoms with Crippen LogP contribution >= 0.6 is 11.6 Å². The summed E-state index contributed by atoms with van der Waals surface area (Å²) in [6, 6.07) is 11.2. The first-order valence-electron chi connectivity index (χ1n) is 9.44. The molecule has 0 spiro atoms. The van der Waals surface area contributed by atoms with Gasteiger partial charge in [-0.2, -0.15) is 5.10 Å². The molecule has 0 aliphatic heterocycles. The van der Waals surface area contributed by atoms with Gasteiger partial charge in [0.15, 0.2) is 0 Å². The number of hydrogen-bond acceptors (Lipinski definition) is 3. The SMILES string of the molecule is Cc1ccc(-n2nc(C(C)(C)C)cc2NC(=O)NCc2cc(F)cc(Cl)c2O)cc1. The van der Waals surface area contributed by atoms with Crippen molar-refractivity contribution in [1.82, 2.24) is 15.1 Å². The summed E-state index contributed by atoms with van der Waals surface area (Å²) in [5.41, 5.74) is 2.70. The van der Waals surface area contributed by atoms with E-state index in [1.807, 2.05) is 58.0 Å². The Bertz CT molecular complexity index is 1070. The number of phenols is 1. The van der Waals surface area contributed by atoms with Crippen LogP contribution in [-0.2, 0) is 12.0 Å². The van der Waals surface area contributed by atoms with E-state index in [0.717, 1.165) is 29.1 Å². The summed E-state index contributed by atoms with van der Waals surface area (Å²) < 4.78 is 15.2. The van der Waals surface area contributed by atoms with Crippen molar-refractivity contribution in [3.8, 4) is 11.4 Å². The summed E-state index contributed by atoms with van der Waals surface area (Å²) in [6.45, 7) is 8.01. The third-order valence-electron chi connectivity index (χ3n) is 4.54. The van der Waals surface area contributed by atoms with E-state index in [4.69, 9.17) is 11.6 Å². The van der Waals surface area contributed by atoms with Crippen molar-refractivity contribution in [2.45, 2.75) is 39.7 Å². The molecule has 0 radical (unpaired) electrons. The van der Waals surface area contributed by atoms with Crippen LogP contribution in [0.3, 0.4) is 0 Å². The van der Waals surface area contributed by atoms with Gasteiger partial charge >= 0.3 is 6.03 Å². The molecule has 3 N–H and O–H groups in total. The van der Waals surface area contributed by atoms with Crippen molar-refractivity contribution in [2.24, 2.45) is 0 Å². The van der Waals surface area contributed by atoms with Gasteiger partial charge < -0.3 is 10.4 Å². The molecule has 0 saturated carbocycles. The maximum Gasteiger partial charge on any atom is 0.320 e. The van der Waals surface area contributed by atoms with Crippen LogP contribution in [0.2, 0.25) is 5.02 Å². The molecule has 1 aromatic heterocycles. The molecule has 30 heavy (non-hydrogen) atoms. The fraction of sp³-hybridized carbons (Fsp3) is 0.273. The van der Waals surface area contributed by atoms with Gasteiger partial charge in [-0.3, -0.25) is 5.32 Å². The number of aromatic nitrogens is 2. The van der Waals surface area contributed by atoms with Crippen molar-refractivity contribution >= 4 is 23.4 Å². The maximum atomic E-state index is 13.5. The summed E-state index contributed by atoms with van der Waals surface area (Å²) in [6.07, 6.45) is 0. The molecule has 0 bridgehead atoms. The van der Waals surface area contributed by atoms with E-state index in [1.54, 1.807) is 4.68 Å². The number of phenolic OH excluding ortho intramolecular Hbond substituents is 1. The maximum absolute atomic E-state index is 13.5. The van der Waals surface area contributed by atoms with Gasteiger partial charge in [-0.15, -0.1) is 0 Å². The molecule has 8 heteroatoms. The first-order valence-corrected chi connectivity index (χ1v) is 9.82. The summed E-state index contributed by atoms with van der Waals surface area (Å²) in [4.78, 5) is 12.5. The van der Waals surface area contributed by atoms with Gasteiger partial charge in [-0.1, -0.05) is 50.1 Å². The number of rotatable bonds is 4. The van der Waals surface area contributed by atoms with Crippen LogP contribution < -0.4 is 10.6 Å². The number of aromatic hydroxyl groups is 1. The highest BCUT2D eigenvalue weighted by Crippen LogP contribution is 2.29. The molecule has 6 nitrogen and oxygen atoms in total. The Morgan fingerprint density at radius 1 is 1.20 bits per heavy atom. The Morgan fingerprint density at radius 3 is 2.50 bits per heavy atom. The van der Waals surface area contributed by atoms with Gasteiger partial charge in [0.2, 0.25) is 0 Å². The van der Waals surface area contributed by atoms with Gasteiger partial charge in [0.25, 0.3) is 0 Å². The largest absolute Gasteiger partial charge is 0.506 e. The van der Waals surface area contributed by atoms with E-state index >= 15 is 0 Å². The number of carbonyl (C=O) groups is 1. The number of nitrogens with zero attached hydrogens (tertiary/aromatic N) is 2. The van der Waals surface area contributed by atoms with Gasteiger partial charge in [-0.25, -0.2) is 13.9 Å². The van der Waals surface area contributed by atoms with Crippen LogP contribution in [0.1, 0.15) is 37.6 Å². The molecule has 2 aromatic carbocycles. The lowest BCUT2D eigenvalue weighted by atomic mass is 9.92. The number of carbonyl (C=O) groups excluding carboxylic acids is 1. The molecular weight excluding hydrogens is 407 g/mol. The smallest absolute Gasteiger partial charge is 0.320 e. The van der Waals surface area contributed by atoms with Crippen molar-refractivity contribution in [1.29, 1.82) is 0 Å². The third kappa shape index (κ3) is 4.91. The van der Waals surface area contributed by atoms with Crippen LogP contribution in [0.25, 0.3) is 5.69 Å². The van der Waals surface area contributed by atoms with Crippen LogP contribution in [-0.4, -0.2) is 20.9 Å². The minimum absolute atomic E-state index is 0.0973. The fourth-order valence-corrected chi connectivity index (χ4v) is 3.04. The lowest BCUT2D eigenvalue weighted by Gasteiger charge is -2.14. The Balaban J connectivity index is 1.82. The standard InChI is InChI=1S/C22H24ClFN4O2/c1-13-5-7-16(8-6-13)28-19(11-18(27-28)22(2,3)4)26-21(30)25-12-14-9-15(24)10-17(23)20(14)29/h5-11,29H,12H2,1-4H3,(H2,25,26,30). The average Bonchev–Trinajstić information content (AvgIpc) is 3.08. The van der Waals surface area contributed by atoms with Gasteiger partial charge in [0, 0.05) is 23.6 Å². The van der Waals surface area contributed by atoms with E-state index in [0.29, 0.717) is 5.82 Å². The van der Waals surface area contributed by atoms with Gasteiger partial charge in [0.05, 0.1) is 16.4 Å². The zero-order valence-electron chi connectivity index (χ0n) is 17.3. The molecule has 0 aliphatic carbocycles. The lowest BCUT2D eigenvalue weighted by molar-refractivity contribution is 0.251. The highest BCUT2D eigenvalue weighted by Gasteiger charge is 2.21. The molecule has 2 amide bonds. The third-order valence-corrected chi connectivity index (χ3v) is 4.83. The molecule has 3 rings (SSSR count). The number of halogens is 2. The van der Waals surface area contributed by atoms with E-state index in [-0.39, 0.29) is 28.3 Å². The number of urea groups is 1. The summed E-state index contributed by atoms with van der Waals surface area (Å²) in [7, 11) is 0. The molecule has 1 heterocycles. The van der Waals surface area contributed by atoms with Crippen molar-refractivity contribution in [3.63, 3.8) is 0 Å².